The van der Waals surface area contributed by atoms with E-state index < -0.39 is 0 Å². The third-order valence-corrected chi connectivity index (χ3v) is 2.41. The second kappa shape index (κ2) is 2.81. The highest BCUT2D eigenvalue weighted by Gasteiger charge is 2.44. The minimum absolute atomic E-state index is 0.275. The molecule has 0 aromatic carbocycles. The average Bonchev–Trinajstić information content (AvgIpc) is 2.39. The normalized spacial score (nSPS) is 26.5. The van der Waals surface area contributed by atoms with Gasteiger partial charge < -0.3 is 11.1 Å². The topological polar surface area (TPSA) is 55.1 Å². The molecular weight excluding hydrogens is 140 g/mol. The van der Waals surface area contributed by atoms with Gasteiger partial charge in [-0.25, -0.2) is 0 Å². The van der Waals surface area contributed by atoms with E-state index in [2.05, 4.69) is 19.2 Å². The number of nitrogens with one attached hydrogen (secondary N) is 1. The van der Waals surface area contributed by atoms with Crippen molar-refractivity contribution >= 4 is 5.91 Å². The Morgan fingerprint density at radius 2 is 2.27 bits per heavy atom. The first-order valence-corrected chi connectivity index (χ1v) is 4.01. The van der Waals surface area contributed by atoms with Crippen LogP contribution in [0.3, 0.4) is 0 Å². The van der Waals surface area contributed by atoms with Crippen molar-refractivity contribution in [3.05, 3.63) is 0 Å². The summed E-state index contributed by atoms with van der Waals surface area (Å²) in [7, 11) is 0. The zero-order valence-corrected chi connectivity index (χ0v) is 7.18. The number of carbonyl (C=O) groups is 1. The molecule has 3 N–H and O–H groups in total. The highest BCUT2D eigenvalue weighted by atomic mass is 16.1. The Hall–Kier alpha value is -0.570. The van der Waals surface area contributed by atoms with Crippen molar-refractivity contribution < 1.29 is 4.79 Å². The summed E-state index contributed by atoms with van der Waals surface area (Å²) < 4.78 is 0. The van der Waals surface area contributed by atoms with Gasteiger partial charge in [0.15, 0.2) is 0 Å². The molecule has 64 valence electrons. The number of hydrogen-bond donors (Lipinski definition) is 2. The lowest BCUT2D eigenvalue weighted by Crippen LogP contribution is -2.30. The van der Waals surface area contributed by atoms with Crippen LogP contribution in [0.15, 0.2) is 0 Å². The van der Waals surface area contributed by atoms with E-state index in [1.54, 1.807) is 0 Å². The van der Waals surface area contributed by atoms with Gasteiger partial charge in [-0.2, -0.15) is 0 Å². The van der Waals surface area contributed by atoms with Crippen LogP contribution in [-0.2, 0) is 4.79 Å². The van der Waals surface area contributed by atoms with Gasteiger partial charge in [0.25, 0.3) is 0 Å². The van der Waals surface area contributed by atoms with Crippen LogP contribution in [0.25, 0.3) is 0 Å². The summed E-state index contributed by atoms with van der Waals surface area (Å²) in [5, 5.41) is 3.03. The molecule has 1 unspecified atom stereocenters. The summed E-state index contributed by atoms with van der Waals surface area (Å²) in [6, 6.07) is 0. The van der Waals surface area contributed by atoms with Gasteiger partial charge in [0.1, 0.15) is 0 Å². The fourth-order valence-electron chi connectivity index (χ4n) is 1.29. The fraction of sp³-hybridized carbons (Fsp3) is 0.875. The third-order valence-electron chi connectivity index (χ3n) is 2.41. The molecule has 1 aliphatic rings. The van der Waals surface area contributed by atoms with Crippen molar-refractivity contribution in [1.82, 2.24) is 5.32 Å². The Bertz CT molecular complexity index is 165. The maximum absolute atomic E-state index is 10.3. The molecule has 0 saturated heterocycles. The van der Waals surface area contributed by atoms with Crippen molar-refractivity contribution in [3.8, 4) is 0 Å². The summed E-state index contributed by atoms with van der Waals surface area (Å²) in [6.07, 6.45) is 1.26. The van der Waals surface area contributed by atoms with Gasteiger partial charge in [-0.1, -0.05) is 13.8 Å². The number of nitrogens with two attached hydrogens (primary N) is 1. The summed E-state index contributed by atoms with van der Waals surface area (Å²) in [6.45, 7) is 5.72. The largest absolute Gasteiger partial charge is 0.369 e. The molecule has 1 fully saturated rings. The SMILES string of the molecule is CC1(C)CC1CNCC(N)=O. The summed E-state index contributed by atoms with van der Waals surface area (Å²) in [5.74, 6) is 0.463. The minimum Gasteiger partial charge on any atom is -0.369 e. The first-order chi connectivity index (χ1) is 5.02. The Balaban J connectivity index is 2.02. The molecule has 1 atom stereocenters. The van der Waals surface area contributed by atoms with E-state index in [1.165, 1.54) is 6.42 Å². The lowest BCUT2D eigenvalue weighted by Gasteiger charge is -2.03. The quantitative estimate of drug-likeness (QED) is 0.607. The van der Waals surface area contributed by atoms with Crippen molar-refractivity contribution in [2.24, 2.45) is 17.1 Å². The lowest BCUT2D eigenvalue weighted by atomic mass is 10.1. The molecule has 1 saturated carbocycles. The molecule has 0 aromatic heterocycles. The molecule has 3 heteroatoms. The molecule has 0 heterocycles. The van der Waals surface area contributed by atoms with Gasteiger partial charge in [-0.05, 0) is 24.3 Å². The Kier molecular flexibility index (Phi) is 2.18. The third kappa shape index (κ3) is 2.50. The fourth-order valence-corrected chi connectivity index (χ4v) is 1.29. The molecule has 0 aliphatic heterocycles. The predicted molar refractivity (Wildman–Crippen MR) is 44.0 cm³/mol. The van der Waals surface area contributed by atoms with Gasteiger partial charge in [-0.3, -0.25) is 4.79 Å². The highest BCUT2D eigenvalue weighted by molar-refractivity contribution is 5.75. The molecule has 0 aromatic rings. The van der Waals surface area contributed by atoms with Gasteiger partial charge in [0.2, 0.25) is 5.91 Å². The van der Waals surface area contributed by atoms with E-state index in [0.717, 1.165) is 12.5 Å². The molecule has 0 bridgehead atoms. The Labute approximate surface area is 67.3 Å². The van der Waals surface area contributed by atoms with Gasteiger partial charge in [-0.15, -0.1) is 0 Å². The smallest absolute Gasteiger partial charge is 0.231 e. The lowest BCUT2D eigenvalue weighted by molar-refractivity contribution is -0.117. The van der Waals surface area contributed by atoms with Crippen molar-refractivity contribution in [2.45, 2.75) is 20.3 Å². The van der Waals surface area contributed by atoms with Crippen LogP contribution in [0.1, 0.15) is 20.3 Å². The second-order valence-corrected chi connectivity index (χ2v) is 3.99. The number of rotatable bonds is 4. The van der Waals surface area contributed by atoms with Crippen molar-refractivity contribution in [2.75, 3.05) is 13.1 Å². The number of amides is 1. The van der Waals surface area contributed by atoms with Gasteiger partial charge in [0, 0.05) is 0 Å². The van der Waals surface area contributed by atoms with Crippen LogP contribution in [0.2, 0.25) is 0 Å². The van der Waals surface area contributed by atoms with Crippen LogP contribution >= 0.6 is 0 Å². The summed E-state index contributed by atoms with van der Waals surface area (Å²) >= 11 is 0. The Morgan fingerprint density at radius 1 is 1.73 bits per heavy atom. The molecule has 1 rings (SSSR count). The number of hydrogen-bond acceptors (Lipinski definition) is 2. The van der Waals surface area contributed by atoms with Crippen LogP contribution in [0, 0.1) is 11.3 Å². The summed E-state index contributed by atoms with van der Waals surface area (Å²) in [5.41, 5.74) is 5.46. The Morgan fingerprint density at radius 3 is 2.64 bits per heavy atom. The predicted octanol–water partition coefficient (Wildman–Crippen LogP) is 0.107. The molecule has 1 amide bonds. The van der Waals surface area contributed by atoms with Crippen molar-refractivity contribution in [1.29, 1.82) is 0 Å². The monoisotopic (exact) mass is 156 g/mol. The van der Waals surface area contributed by atoms with Crippen LogP contribution in [0.5, 0.6) is 0 Å². The molecule has 1 aliphatic carbocycles. The number of carbonyl (C=O) groups excluding carboxylic acids is 1. The first-order valence-electron chi connectivity index (χ1n) is 4.01. The maximum Gasteiger partial charge on any atom is 0.231 e. The van der Waals surface area contributed by atoms with E-state index in [9.17, 15) is 4.79 Å². The molecule has 0 spiro atoms. The average molecular weight is 156 g/mol. The minimum atomic E-state index is -0.275. The zero-order chi connectivity index (χ0) is 8.48. The molecule has 3 nitrogen and oxygen atoms in total. The van der Waals surface area contributed by atoms with Crippen LogP contribution in [-0.4, -0.2) is 19.0 Å². The zero-order valence-electron chi connectivity index (χ0n) is 7.18. The van der Waals surface area contributed by atoms with E-state index in [4.69, 9.17) is 5.73 Å². The molecule has 0 radical (unpaired) electrons. The second-order valence-electron chi connectivity index (χ2n) is 3.99. The van der Waals surface area contributed by atoms with E-state index >= 15 is 0 Å². The van der Waals surface area contributed by atoms with Crippen LogP contribution in [0.4, 0.5) is 0 Å². The number of primary amides is 1. The van der Waals surface area contributed by atoms with E-state index in [-0.39, 0.29) is 5.91 Å². The van der Waals surface area contributed by atoms with Crippen molar-refractivity contribution in [3.63, 3.8) is 0 Å². The van der Waals surface area contributed by atoms with Gasteiger partial charge >= 0.3 is 0 Å². The standard InChI is InChI=1S/C8H16N2O/c1-8(2)3-6(8)4-10-5-7(9)11/h6,10H,3-5H2,1-2H3,(H2,9,11). The van der Waals surface area contributed by atoms with E-state index in [1.807, 2.05) is 0 Å². The first kappa shape index (κ1) is 8.53. The molecular formula is C8H16N2O. The van der Waals surface area contributed by atoms with Crippen LogP contribution < -0.4 is 11.1 Å². The maximum atomic E-state index is 10.3. The highest BCUT2D eigenvalue weighted by Crippen LogP contribution is 2.50. The summed E-state index contributed by atoms with van der Waals surface area (Å²) in [4.78, 5) is 10.3. The van der Waals surface area contributed by atoms with Gasteiger partial charge in [0.05, 0.1) is 6.54 Å². The molecule has 11 heavy (non-hydrogen) atoms. The van der Waals surface area contributed by atoms with E-state index in [0.29, 0.717) is 12.0 Å².